The molecule has 2 aromatic carbocycles. The summed E-state index contributed by atoms with van der Waals surface area (Å²) in [5.41, 5.74) is 1.83. The minimum Gasteiger partial charge on any atom is -0.322 e. The standard InChI is InChI=1S/C20H17ClFN3O/c21-15-9-10-16(22)18(12-15)25-19(26)13-24-20(14-6-2-1-3-7-14)17-8-4-5-11-23-17/h1-12,20,24H,13H2,(H,25,26). The first kappa shape index (κ1) is 18.0. The van der Waals surface area contributed by atoms with E-state index in [2.05, 4.69) is 15.6 Å². The van der Waals surface area contributed by atoms with Crippen molar-refractivity contribution in [3.05, 3.63) is 95.0 Å². The zero-order chi connectivity index (χ0) is 18.4. The van der Waals surface area contributed by atoms with Crippen LogP contribution in [0.2, 0.25) is 5.02 Å². The molecule has 0 bridgehead atoms. The summed E-state index contributed by atoms with van der Waals surface area (Å²) in [6.07, 6.45) is 1.70. The lowest BCUT2D eigenvalue weighted by atomic mass is 10.0. The van der Waals surface area contributed by atoms with E-state index in [0.29, 0.717) is 5.02 Å². The van der Waals surface area contributed by atoms with E-state index in [1.54, 1.807) is 6.20 Å². The van der Waals surface area contributed by atoms with Gasteiger partial charge in [0, 0.05) is 11.2 Å². The first-order valence-corrected chi connectivity index (χ1v) is 8.45. The van der Waals surface area contributed by atoms with Gasteiger partial charge in [0.1, 0.15) is 5.82 Å². The molecule has 3 rings (SSSR count). The Balaban J connectivity index is 1.72. The van der Waals surface area contributed by atoms with E-state index in [1.165, 1.54) is 18.2 Å². The summed E-state index contributed by atoms with van der Waals surface area (Å²) in [5, 5.41) is 6.06. The molecule has 1 heterocycles. The predicted octanol–water partition coefficient (Wildman–Crippen LogP) is 4.19. The molecule has 1 aromatic heterocycles. The van der Waals surface area contributed by atoms with Gasteiger partial charge in [-0.05, 0) is 35.9 Å². The smallest absolute Gasteiger partial charge is 0.238 e. The van der Waals surface area contributed by atoms with Crippen molar-refractivity contribution < 1.29 is 9.18 Å². The summed E-state index contributed by atoms with van der Waals surface area (Å²) in [4.78, 5) is 16.6. The number of nitrogens with zero attached hydrogens (tertiary/aromatic N) is 1. The molecule has 0 aliphatic carbocycles. The number of hydrogen-bond acceptors (Lipinski definition) is 3. The highest BCUT2D eigenvalue weighted by molar-refractivity contribution is 6.30. The van der Waals surface area contributed by atoms with Gasteiger partial charge in [0.2, 0.25) is 5.91 Å². The normalized spacial score (nSPS) is 11.8. The van der Waals surface area contributed by atoms with Gasteiger partial charge in [0.25, 0.3) is 0 Å². The number of carbonyl (C=O) groups excluding carboxylic acids is 1. The van der Waals surface area contributed by atoms with Crippen molar-refractivity contribution in [1.29, 1.82) is 0 Å². The third-order valence-corrected chi connectivity index (χ3v) is 4.02. The Hall–Kier alpha value is -2.76. The van der Waals surface area contributed by atoms with Crippen LogP contribution in [-0.4, -0.2) is 17.4 Å². The van der Waals surface area contributed by atoms with Gasteiger partial charge < -0.3 is 5.32 Å². The Morgan fingerprint density at radius 3 is 2.58 bits per heavy atom. The summed E-state index contributed by atoms with van der Waals surface area (Å²) in [6, 6.07) is 19.1. The summed E-state index contributed by atoms with van der Waals surface area (Å²) in [5.74, 6) is -0.907. The number of hydrogen-bond donors (Lipinski definition) is 2. The maximum Gasteiger partial charge on any atom is 0.238 e. The van der Waals surface area contributed by atoms with Crippen LogP contribution >= 0.6 is 11.6 Å². The van der Waals surface area contributed by atoms with Crippen LogP contribution in [0, 0.1) is 5.82 Å². The van der Waals surface area contributed by atoms with Gasteiger partial charge in [0.15, 0.2) is 0 Å². The van der Waals surface area contributed by atoms with Gasteiger partial charge in [-0.1, -0.05) is 48.0 Å². The van der Waals surface area contributed by atoms with Crippen LogP contribution < -0.4 is 10.6 Å². The number of aromatic nitrogens is 1. The fourth-order valence-electron chi connectivity index (χ4n) is 2.57. The van der Waals surface area contributed by atoms with Crippen LogP contribution in [-0.2, 0) is 4.79 Å². The zero-order valence-electron chi connectivity index (χ0n) is 13.8. The Kier molecular flexibility index (Phi) is 5.94. The van der Waals surface area contributed by atoms with Gasteiger partial charge in [-0.2, -0.15) is 0 Å². The first-order chi connectivity index (χ1) is 12.6. The average Bonchev–Trinajstić information content (AvgIpc) is 2.67. The van der Waals surface area contributed by atoms with Crippen molar-refractivity contribution in [3.8, 4) is 0 Å². The van der Waals surface area contributed by atoms with E-state index in [4.69, 9.17) is 11.6 Å². The van der Waals surface area contributed by atoms with Crippen molar-refractivity contribution in [1.82, 2.24) is 10.3 Å². The summed E-state index contributed by atoms with van der Waals surface area (Å²) in [7, 11) is 0. The second-order valence-electron chi connectivity index (χ2n) is 5.65. The summed E-state index contributed by atoms with van der Waals surface area (Å²) in [6.45, 7) is -0.0118. The SMILES string of the molecule is O=C(CNC(c1ccccc1)c1ccccn1)Nc1cc(Cl)ccc1F. The van der Waals surface area contributed by atoms with Crippen LogP contribution in [0.25, 0.3) is 0 Å². The molecule has 0 aliphatic heterocycles. The predicted molar refractivity (Wildman–Crippen MR) is 101 cm³/mol. The molecule has 0 fully saturated rings. The van der Waals surface area contributed by atoms with Crippen LogP contribution in [0.1, 0.15) is 17.3 Å². The molecule has 0 aliphatic rings. The highest BCUT2D eigenvalue weighted by atomic mass is 35.5. The maximum atomic E-state index is 13.8. The van der Waals surface area contributed by atoms with Gasteiger partial charge in [-0.25, -0.2) is 4.39 Å². The van der Waals surface area contributed by atoms with Crippen LogP contribution in [0.15, 0.2) is 72.9 Å². The molecule has 4 nitrogen and oxygen atoms in total. The average molecular weight is 370 g/mol. The lowest BCUT2D eigenvalue weighted by Gasteiger charge is -2.18. The van der Waals surface area contributed by atoms with Crippen molar-refractivity contribution >= 4 is 23.2 Å². The molecular weight excluding hydrogens is 353 g/mol. The third kappa shape index (κ3) is 4.65. The number of anilines is 1. The lowest BCUT2D eigenvalue weighted by molar-refractivity contribution is -0.115. The lowest BCUT2D eigenvalue weighted by Crippen LogP contribution is -2.32. The number of halogens is 2. The van der Waals surface area contributed by atoms with Gasteiger partial charge in [-0.3, -0.25) is 15.1 Å². The first-order valence-electron chi connectivity index (χ1n) is 8.07. The van der Waals surface area contributed by atoms with E-state index in [9.17, 15) is 9.18 Å². The Morgan fingerprint density at radius 2 is 1.85 bits per heavy atom. The molecule has 2 N–H and O–H groups in total. The molecular formula is C20H17ClFN3O. The van der Waals surface area contributed by atoms with Crippen LogP contribution in [0.3, 0.4) is 0 Å². The molecule has 6 heteroatoms. The minimum atomic E-state index is -0.535. The molecule has 3 aromatic rings. The molecule has 0 saturated heterocycles. The third-order valence-electron chi connectivity index (χ3n) is 3.79. The van der Waals surface area contributed by atoms with Crippen LogP contribution in [0.5, 0.6) is 0 Å². The van der Waals surface area contributed by atoms with E-state index in [0.717, 1.165) is 11.3 Å². The molecule has 132 valence electrons. The fraction of sp³-hybridized carbons (Fsp3) is 0.100. The fourth-order valence-corrected chi connectivity index (χ4v) is 2.74. The van der Waals surface area contributed by atoms with Gasteiger partial charge in [0.05, 0.1) is 24.0 Å². The largest absolute Gasteiger partial charge is 0.322 e. The van der Waals surface area contributed by atoms with E-state index < -0.39 is 5.82 Å². The maximum absolute atomic E-state index is 13.8. The molecule has 0 radical (unpaired) electrons. The van der Waals surface area contributed by atoms with Gasteiger partial charge in [-0.15, -0.1) is 0 Å². The second kappa shape index (κ2) is 8.56. The van der Waals surface area contributed by atoms with E-state index >= 15 is 0 Å². The topological polar surface area (TPSA) is 54.0 Å². The number of benzene rings is 2. The summed E-state index contributed by atoms with van der Waals surface area (Å²) >= 11 is 5.85. The molecule has 1 unspecified atom stereocenters. The van der Waals surface area contributed by atoms with Crippen molar-refractivity contribution in [2.45, 2.75) is 6.04 Å². The Labute approximate surface area is 156 Å². The number of carbonyl (C=O) groups is 1. The highest BCUT2D eigenvalue weighted by Crippen LogP contribution is 2.21. The number of rotatable bonds is 6. The minimum absolute atomic E-state index is 0.0118. The monoisotopic (exact) mass is 369 g/mol. The molecule has 1 amide bonds. The second-order valence-corrected chi connectivity index (χ2v) is 6.09. The van der Waals surface area contributed by atoms with E-state index in [1.807, 2.05) is 48.5 Å². The molecule has 0 saturated carbocycles. The van der Waals surface area contributed by atoms with Crippen molar-refractivity contribution in [2.75, 3.05) is 11.9 Å². The number of nitrogens with one attached hydrogen (secondary N) is 2. The van der Waals surface area contributed by atoms with Crippen LogP contribution in [0.4, 0.5) is 10.1 Å². The highest BCUT2D eigenvalue weighted by Gasteiger charge is 2.16. The number of amides is 1. The van der Waals surface area contributed by atoms with Gasteiger partial charge >= 0.3 is 0 Å². The molecule has 0 spiro atoms. The summed E-state index contributed by atoms with van der Waals surface area (Å²) < 4.78 is 13.8. The Bertz CT molecular complexity index is 835. The molecule has 1 atom stereocenters. The quantitative estimate of drug-likeness (QED) is 0.685. The number of pyridine rings is 1. The zero-order valence-corrected chi connectivity index (χ0v) is 14.6. The van der Waals surface area contributed by atoms with E-state index in [-0.39, 0.29) is 24.2 Å². The molecule has 26 heavy (non-hydrogen) atoms. The van der Waals surface area contributed by atoms with Crippen molar-refractivity contribution in [3.63, 3.8) is 0 Å². The Morgan fingerprint density at radius 1 is 1.08 bits per heavy atom. The van der Waals surface area contributed by atoms with Crippen molar-refractivity contribution in [2.24, 2.45) is 0 Å².